The van der Waals surface area contributed by atoms with E-state index in [9.17, 15) is 14.7 Å². The van der Waals surface area contributed by atoms with E-state index in [0.29, 0.717) is 11.3 Å². The molecule has 4 N–H and O–H groups in total. The summed E-state index contributed by atoms with van der Waals surface area (Å²) in [6.07, 6.45) is -0.186. The summed E-state index contributed by atoms with van der Waals surface area (Å²) in [6.45, 7) is 1.71. The van der Waals surface area contributed by atoms with Gasteiger partial charge in [-0.3, -0.25) is 14.8 Å². The van der Waals surface area contributed by atoms with Crippen molar-refractivity contribution >= 4 is 17.5 Å². The standard InChI is InChI=1S/C11H14N2O4/c1-7-3-2-4-8(11(7)16)12-9(14)5-6-10(15)13-17/h2-4,16-17H,5-6H2,1H3,(H,12,14)(H,13,15). The number of phenols is 1. The Balaban J connectivity index is 2.56. The number of rotatable bonds is 4. The number of aryl methyl sites for hydroxylation is 1. The molecule has 0 aromatic heterocycles. The molecule has 0 bridgehead atoms. The molecule has 1 aromatic rings. The molecule has 0 saturated carbocycles. The van der Waals surface area contributed by atoms with Crippen LogP contribution in [-0.4, -0.2) is 22.1 Å². The van der Waals surface area contributed by atoms with Gasteiger partial charge in [-0.05, 0) is 18.6 Å². The number of carbonyl (C=O) groups excluding carboxylic acids is 2. The zero-order valence-electron chi connectivity index (χ0n) is 9.36. The second-order valence-corrected chi connectivity index (χ2v) is 3.55. The van der Waals surface area contributed by atoms with Crippen LogP contribution in [0.15, 0.2) is 18.2 Å². The molecule has 1 aromatic carbocycles. The molecule has 92 valence electrons. The van der Waals surface area contributed by atoms with E-state index in [1.165, 1.54) is 5.48 Å². The molecule has 0 atom stereocenters. The number of hydrogen-bond donors (Lipinski definition) is 4. The van der Waals surface area contributed by atoms with Gasteiger partial charge in [0.15, 0.2) is 0 Å². The van der Waals surface area contributed by atoms with Gasteiger partial charge in [0.05, 0.1) is 5.69 Å². The molecule has 6 nitrogen and oxygen atoms in total. The fourth-order valence-electron chi connectivity index (χ4n) is 1.26. The summed E-state index contributed by atoms with van der Waals surface area (Å²) in [6, 6.07) is 4.97. The van der Waals surface area contributed by atoms with Crippen LogP contribution in [0.3, 0.4) is 0 Å². The predicted octanol–water partition coefficient (Wildman–Crippen LogP) is 0.925. The van der Waals surface area contributed by atoms with Crippen molar-refractivity contribution in [3.8, 4) is 5.75 Å². The molecule has 0 aliphatic heterocycles. The Bertz CT molecular complexity index is 431. The van der Waals surface area contributed by atoms with Crippen LogP contribution >= 0.6 is 0 Å². The first kappa shape index (κ1) is 13.0. The van der Waals surface area contributed by atoms with Gasteiger partial charge in [-0.15, -0.1) is 0 Å². The highest BCUT2D eigenvalue weighted by atomic mass is 16.5. The number of amides is 2. The highest BCUT2D eigenvalue weighted by molar-refractivity contribution is 5.94. The molecular formula is C11H14N2O4. The Morgan fingerprint density at radius 2 is 1.88 bits per heavy atom. The lowest BCUT2D eigenvalue weighted by molar-refractivity contribution is -0.131. The van der Waals surface area contributed by atoms with E-state index in [2.05, 4.69) is 5.32 Å². The smallest absolute Gasteiger partial charge is 0.243 e. The van der Waals surface area contributed by atoms with E-state index in [-0.39, 0.29) is 18.6 Å². The van der Waals surface area contributed by atoms with Gasteiger partial charge in [0.25, 0.3) is 0 Å². The van der Waals surface area contributed by atoms with Crippen molar-refractivity contribution in [1.29, 1.82) is 0 Å². The molecule has 1 rings (SSSR count). The summed E-state index contributed by atoms with van der Waals surface area (Å²) < 4.78 is 0. The normalized spacial score (nSPS) is 9.76. The monoisotopic (exact) mass is 238 g/mol. The minimum Gasteiger partial charge on any atom is -0.505 e. The van der Waals surface area contributed by atoms with Crippen molar-refractivity contribution < 1.29 is 19.9 Å². The third kappa shape index (κ3) is 3.76. The van der Waals surface area contributed by atoms with Gasteiger partial charge in [-0.1, -0.05) is 12.1 Å². The highest BCUT2D eigenvalue weighted by Gasteiger charge is 2.09. The van der Waals surface area contributed by atoms with E-state index >= 15 is 0 Å². The Morgan fingerprint density at radius 1 is 1.24 bits per heavy atom. The average molecular weight is 238 g/mol. The Morgan fingerprint density at radius 3 is 2.53 bits per heavy atom. The number of hydrogen-bond acceptors (Lipinski definition) is 4. The van der Waals surface area contributed by atoms with E-state index < -0.39 is 11.8 Å². The minimum atomic E-state index is -0.631. The van der Waals surface area contributed by atoms with Gasteiger partial charge in [0, 0.05) is 12.8 Å². The summed E-state index contributed by atoms with van der Waals surface area (Å²) in [5, 5.41) is 20.4. The molecule has 0 unspecified atom stereocenters. The van der Waals surface area contributed by atoms with Crippen LogP contribution in [0.1, 0.15) is 18.4 Å². The van der Waals surface area contributed by atoms with Gasteiger partial charge < -0.3 is 10.4 Å². The van der Waals surface area contributed by atoms with E-state index in [0.717, 1.165) is 0 Å². The lowest BCUT2D eigenvalue weighted by Crippen LogP contribution is -2.21. The fourth-order valence-corrected chi connectivity index (χ4v) is 1.26. The maximum atomic E-state index is 11.4. The van der Waals surface area contributed by atoms with Crippen molar-refractivity contribution in [2.24, 2.45) is 0 Å². The molecule has 0 aliphatic carbocycles. The van der Waals surface area contributed by atoms with Gasteiger partial charge >= 0.3 is 0 Å². The number of phenolic OH excluding ortho intramolecular Hbond substituents is 1. The zero-order chi connectivity index (χ0) is 12.8. The van der Waals surface area contributed by atoms with E-state index in [4.69, 9.17) is 5.21 Å². The number of benzene rings is 1. The Labute approximate surface area is 98.2 Å². The molecule has 0 saturated heterocycles. The van der Waals surface area contributed by atoms with Gasteiger partial charge in [-0.25, -0.2) is 5.48 Å². The number of anilines is 1. The average Bonchev–Trinajstić information content (AvgIpc) is 2.32. The lowest BCUT2D eigenvalue weighted by Gasteiger charge is -2.08. The SMILES string of the molecule is Cc1cccc(NC(=O)CCC(=O)NO)c1O. The maximum Gasteiger partial charge on any atom is 0.243 e. The van der Waals surface area contributed by atoms with Crippen molar-refractivity contribution in [3.63, 3.8) is 0 Å². The number of aromatic hydroxyl groups is 1. The van der Waals surface area contributed by atoms with Crippen LogP contribution in [0.2, 0.25) is 0 Å². The topological polar surface area (TPSA) is 98.7 Å². The number of para-hydroxylation sites is 1. The lowest BCUT2D eigenvalue weighted by atomic mass is 10.2. The van der Waals surface area contributed by atoms with Gasteiger partial charge in [-0.2, -0.15) is 0 Å². The molecule has 2 amide bonds. The Hall–Kier alpha value is -2.08. The molecular weight excluding hydrogens is 224 g/mol. The molecule has 6 heteroatoms. The van der Waals surface area contributed by atoms with Crippen LogP contribution in [0.4, 0.5) is 5.69 Å². The maximum absolute atomic E-state index is 11.4. The zero-order valence-corrected chi connectivity index (χ0v) is 9.36. The highest BCUT2D eigenvalue weighted by Crippen LogP contribution is 2.26. The Kier molecular flexibility index (Phi) is 4.47. The van der Waals surface area contributed by atoms with Crippen LogP contribution in [-0.2, 0) is 9.59 Å². The molecule has 0 radical (unpaired) electrons. The first-order chi connectivity index (χ1) is 8.04. The predicted molar refractivity (Wildman–Crippen MR) is 60.6 cm³/mol. The second-order valence-electron chi connectivity index (χ2n) is 3.55. The van der Waals surface area contributed by atoms with Crippen LogP contribution < -0.4 is 10.8 Å². The number of carbonyl (C=O) groups is 2. The van der Waals surface area contributed by atoms with Crippen LogP contribution in [0.5, 0.6) is 5.75 Å². The fraction of sp³-hybridized carbons (Fsp3) is 0.273. The second kappa shape index (κ2) is 5.86. The van der Waals surface area contributed by atoms with E-state index in [1.807, 2.05) is 0 Å². The summed E-state index contributed by atoms with van der Waals surface area (Å²) in [7, 11) is 0. The molecule has 0 spiro atoms. The van der Waals surface area contributed by atoms with Crippen LogP contribution in [0, 0.1) is 6.92 Å². The van der Waals surface area contributed by atoms with Crippen molar-refractivity contribution in [1.82, 2.24) is 5.48 Å². The third-order valence-electron chi connectivity index (χ3n) is 2.22. The number of nitrogens with one attached hydrogen (secondary N) is 2. The molecule has 0 aliphatic rings. The van der Waals surface area contributed by atoms with Crippen molar-refractivity contribution in [2.75, 3.05) is 5.32 Å². The summed E-state index contributed by atoms with van der Waals surface area (Å²) >= 11 is 0. The van der Waals surface area contributed by atoms with E-state index in [1.54, 1.807) is 25.1 Å². The largest absolute Gasteiger partial charge is 0.505 e. The first-order valence-corrected chi connectivity index (χ1v) is 5.06. The quantitative estimate of drug-likeness (QED) is 0.356. The van der Waals surface area contributed by atoms with Crippen molar-refractivity contribution in [2.45, 2.75) is 19.8 Å². The summed E-state index contributed by atoms with van der Waals surface area (Å²) in [5.74, 6) is -1.03. The van der Waals surface area contributed by atoms with Gasteiger partial charge in [0.2, 0.25) is 11.8 Å². The molecule has 17 heavy (non-hydrogen) atoms. The van der Waals surface area contributed by atoms with Crippen LogP contribution in [0.25, 0.3) is 0 Å². The third-order valence-corrected chi connectivity index (χ3v) is 2.22. The van der Waals surface area contributed by atoms with Gasteiger partial charge in [0.1, 0.15) is 5.75 Å². The summed E-state index contributed by atoms with van der Waals surface area (Å²) in [5.41, 5.74) is 2.39. The molecule has 0 fully saturated rings. The van der Waals surface area contributed by atoms with Crippen molar-refractivity contribution in [3.05, 3.63) is 23.8 Å². The molecule has 0 heterocycles. The minimum absolute atomic E-state index is 0.00691. The number of hydroxylamine groups is 1. The first-order valence-electron chi connectivity index (χ1n) is 5.06. The summed E-state index contributed by atoms with van der Waals surface area (Å²) in [4.78, 5) is 22.1.